The number of aromatic nitrogens is 1. The first-order valence-electron chi connectivity index (χ1n) is 6.06. The number of nitro benzene ring substituents is 1. The van der Waals surface area contributed by atoms with Gasteiger partial charge in [-0.3, -0.25) is 14.9 Å². The van der Waals surface area contributed by atoms with Crippen molar-refractivity contribution in [2.45, 2.75) is 6.54 Å². The van der Waals surface area contributed by atoms with Gasteiger partial charge in [0.1, 0.15) is 11.8 Å². The van der Waals surface area contributed by atoms with E-state index in [4.69, 9.17) is 5.21 Å². The van der Waals surface area contributed by atoms with Crippen molar-refractivity contribution in [2.24, 2.45) is 5.16 Å². The molecule has 0 aliphatic heterocycles. The summed E-state index contributed by atoms with van der Waals surface area (Å²) < 4.78 is 1.54. The number of ketones is 1. The van der Waals surface area contributed by atoms with Crippen LogP contribution in [-0.4, -0.2) is 22.1 Å². The highest BCUT2D eigenvalue weighted by atomic mass is 79.9. The van der Waals surface area contributed by atoms with Crippen molar-refractivity contribution in [1.82, 2.24) is 0 Å². The number of nitrogens with zero attached hydrogens (tertiary/aromatic N) is 3. The lowest BCUT2D eigenvalue weighted by Crippen LogP contribution is -3.00. The molecule has 114 valence electrons. The zero-order valence-electron chi connectivity index (χ0n) is 11.3. The van der Waals surface area contributed by atoms with Crippen molar-refractivity contribution in [3.8, 4) is 0 Å². The highest BCUT2D eigenvalue weighted by Gasteiger charge is 2.23. The molecule has 0 fully saturated rings. The Labute approximate surface area is 136 Å². The molecule has 1 heterocycles. The summed E-state index contributed by atoms with van der Waals surface area (Å²) in [5.74, 6) is -0.397. The van der Waals surface area contributed by atoms with Crippen LogP contribution in [-0.2, 0) is 6.54 Å². The molecular weight excluding hydrogens is 354 g/mol. The van der Waals surface area contributed by atoms with Gasteiger partial charge >= 0.3 is 0 Å². The Kier molecular flexibility index (Phi) is 6.33. The van der Waals surface area contributed by atoms with E-state index < -0.39 is 10.7 Å². The predicted octanol–water partition coefficient (Wildman–Crippen LogP) is -1.42. The third-order valence-electron chi connectivity index (χ3n) is 2.88. The van der Waals surface area contributed by atoms with Crippen LogP contribution in [0.25, 0.3) is 0 Å². The Balaban J connectivity index is 0.00000242. The second kappa shape index (κ2) is 7.99. The molecule has 0 radical (unpaired) electrons. The number of hydrogen-bond acceptors (Lipinski definition) is 5. The Morgan fingerprint density at radius 3 is 2.64 bits per heavy atom. The van der Waals surface area contributed by atoms with Gasteiger partial charge < -0.3 is 22.2 Å². The van der Waals surface area contributed by atoms with E-state index in [0.29, 0.717) is 5.69 Å². The summed E-state index contributed by atoms with van der Waals surface area (Å²) in [4.78, 5) is 22.6. The minimum atomic E-state index is -0.584. The minimum absolute atomic E-state index is 0. The average Bonchev–Trinajstić information content (AvgIpc) is 2.49. The van der Waals surface area contributed by atoms with Crippen molar-refractivity contribution in [3.63, 3.8) is 0 Å². The Morgan fingerprint density at radius 1 is 1.27 bits per heavy atom. The van der Waals surface area contributed by atoms with Crippen molar-refractivity contribution >= 4 is 17.7 Å². The van der Waals surface area contributed by atoms with E-state index in [0.717, 1.165) is 0 Å². The number of para-hydroxylation sites is 1. The lowest BCUT2D eigenvalue weighted by molar-refractivity contribution is -0.684. The average molecular weight is 366 g/mol. The Bertz CT molecular complexity index is 719. The summed E-state index contributed by atoms with van der Waals surface area (Å²) in [6.45, 7) is -0.0902. The number of nitro groups is 1. The second-order valence-corrected chi connectivity index (χ2v) is 4.20. The van der Waals surface area contributed by atoms with Crippen LogP contribution in [0.5, 0.6) is 0 Å². The first-order valence-corrected chi connectivity index (χ1v) is 6.06. The number of Topliss-reactive ketones (excluding diaryl/α,β-unsaturated/α-hetero) is 1. The number of rotatable bonds is 5. The Morgan fingerprint density at radius 2 is 1.95 bits per heavy atom. The van der Waals surface area contributed by atoms with Crippen LogP contribution in [0, 0.1) is 10.1 Å². The smallest absolute Gasteiger partial charge is 0.280 e. The van der Waals surface area contributed by atoms with Gasteiger partial charge in [0, 0.05) is 18.2 Å². The number of hydrogen-bond donors (Lipinski definition) is 1. The first-order chi connectivity index (χ1) is 10.1. The SMILES string of the molecule is O=C(C[n+]1ccccc1C=NO)c1ccccc1[N+](=O)[O-].[Br-]. The molecule has 2 aromatic rings. The quantitative estimate of drug-likeness (QED) is 0.175. The fraction of sp³-hybridized carbons (Fsp3) is 0.0714. The first kappa shape index (κ1) is 17.4. The van der Waals surface area contributed by atoms with Crippen LogP contribution >= 0.6 is 0 Å². The summed E-state index contributed by atoms with van der Waals surface area (Å²) in [7, 11) is 0. The summed E-state index contributed by atoms with van der Waals surface area (Å²) in [6.07, 6.45) is 2.82. The van der Waals surface area contributed by atoms with Gasteiger partial charge in [0.25, 0.3) is 5.69 Å². The predicted molar refractivity (Wildman–Crippen MR) is 73.4 cm³/mol. The van der Waals surface area contributed by atoms with E-state index in [1.165, 1.54) is 24.4 Å². The van der Waals surface area contributed by atoms with Gasteiger partial charge in [0.15, 0.2) is 6.20 Å². The molecule has 22 heavy (non-hydrogen) atoms. The van der Waals surface area contributed by atoms with E-state index in [9.17, 15) is 14.9 Å². The maximum Gasteiger partial charge on any atom is 0.280 e. The number of halogens is 1. The van der Waals surface area contributed by atoms with Crippen LogP contribution < -0.4 is 21.5 Å². The molecule has 0 amide bonds. The Hall–Kier alpha value is -2.61. The molecule has 0 atom stereocenters. The van der Waals surface area contributed by atoms with E-state index in [-0.39, 0.29) is 34.8 Å². The third-order valence-corrected chi connectivity index (χ3v) is 2.88. The van der Waals surface area contributed by atoms with Crippen LogP contribution in [0.4, 0.5) is 5.69 Å². The van der Waals surface area contributed by atoms with Crippen LogP contribution in [0.15, 0.2) is 53.8 Å². The molecule has 1 N–H and O–H groups in total. The van der Waals surface area contributed by atoms with Crippen molar-refractivity contribution < 1.29 is 36.5 Å². The lowest BCUT2D eigenvalue weighted by atomic mass is 10.1. The number of pyridine rings is 1. The molecule has 1 aromatic heterocycles. The van der Waals surface area contributed by atoms with E-state index in [1.807, 2.05) is 0 Å². The van der Waals surface area contributed by atoms with Crippen molar-refractivity contribution in [3.05, 3.63) is 70.0 Å². The summed E-state index contributed by atoms with van der Waals surface area (Å²) in [6, 6.07) is 10.9. The maximum atomic E-state index is 12.3. The molecule has 0 unspecified atom stereocenters. The molecule has 8 heteroatoms. The number of benzene rings is 1. The normalized spacial score (nSPS) is 10.2. The molecule has 0 aliphatic rings. The monoisotopic (exact) mass is 365 g/mol. The molecule has 0 spiro atoms. The molecule has 0 saturated heterocycles. The zero-order chi connectivity index (χ0) is 15.2. The topological polar surface area (TPSA) is 96.7 Å². The van der Waals surface area contributed by atoms with Gasteiger partial charge in [0.2, 0.25) is 18.0 Å². The molecule has 0 bridgehead atoms. The van der Waals surface area contributed by atoms with Crippen LogP contribution in [0.1, 0.15) is 16.1 Å². The number of carbonyl (C=O) groups excluding carboxylic acids is 1. The van der Waals surface area contributed by atoms with Gasteiger partial charge in [-0.15, -0.1) is 0 Å². The standard InChI is InChI=1S/C14H11N3O4.BrH/c18-14(12-6-1-2-7-13(12)17(20)21)10-16-8-4-3-5-11(16)9-15-19;/h1-9H,10H2;1H. The third kappa shape index (κ3) is 3.95. The summed E-state index contributed by atoms with van der Waals surface area (Å²) in [5.41, 5.74) is 0.328. The molecular formula is C14H12BrN3O4. The number of oxime groups is 1. The highest BCUT2D eigenvalue weighted by molar-refractivity contribution is 5.98. The zero-order valence-corrected chi connectivity index (χ0v) is 12.9. The molecule has 0 saturated carbocycles. The number of carbonyl (C=O) groups is 1. The molecule has 1 aromatic carbocycles. The fourth-order valence-electron chi connectivity index (χ4n) is 1.92. The van der Waals surface area contributed by atoms with Gasteiger partial charge in [-0.2, -0.15) is 4.57 Å². The molecule has 0 aliphatic carbocycles. The molecule has 7 nitrogen and oxygen atoms in total. The van der Waals surface area contributed by atoms with E-state index in [2.05, 4.69) is 5.16 Å². The van der Waals surface area contributed by atoms with Gasteiger partial charge in [-0.05, 0) is 12.1 Å². The lowest BCUT2D eigenvalue weighted by Gasteiger charge is -2.01. The second-order valence-electron chi connectivity index (χ2n) is 4.20. The minimum Gasteiger partial charge on any atom is -1.00 e. The van der Waals surface area contributed by atoms with Crippen LogP contribution in [0.2, 0.25) is 0 Å². The maximum absolute atomic E-state index is 12.3. The van der Waals surface area contributed by atoms with Crippen molar-refractivity contribution in [2.75, 3.05) is 0 Å². The van der Waals surface area contributed by atoms with Crippen molar-refractivity contribution in [1.29, 1.82) is 0 Å². The molecule has 2 rings (SSSR count). The van der Waals surface area contributed by atoms with Crippen LogP contribution in [0.3, 0.4) is 0 Å². The van der Waals surface area contributed by atoms with E-state index in [1.54, 1.807) is 35.0 Å². The highest BCUT2D eigenvalue weighted by Crippen LogP contribution is 2.18. The summed E-state index contributed by atoms with van der Waals surface area (Å²) in [5, 5.41) is 22.5. The van der Waals surface area contributed by atoms with Gasteiger partial charge in [-0.1, -0.05) is 17.3 Å². The summed E-state index contributed by atoms with van der Waals surface area (Å²) >= 11 is 0. The van der Waals surface area contributed by atoms with Gasteiger partial charge in [0.05, 0.1) is 4.92 Å². The van der Waals surface area contributed by atoms with E-state index >= 15 is 0 Å². The van der Waals surface area contributed by atoms with Gasteiger partial charge in [-0.25, -0.2) is 0 Å². The fourth-order valence-corrected chi connectivity index (χ4v) is 1.92. The largest absolute Gasteiger partial charge is 1.00 e.